The van der Waals surface area contributed by atoms with E-state index in [9.17, 15) is 0 Å². The Bertz CT molecular complexity index is 297. The van der Waals surface area contributed by atoms with Crippen LogP contribution in [0.3, 0.4) is 0 Å². The van der Waals surface area contributed by atoms with Crippen LogP contribution >= 0.6 is 0 Å². The normalized spacial score (nSPS) is 36.5. The van der Waals surface area contributed by atoms with E-state index in [0.29, 0.717) is 10.8 Å². The highest BCUT2D eigenvalue weighted by molar-refractivity contribution is 4.92. The Morgan fingerprint density at radius 1 is 1.15 bits per heavy atom. The molecule has 1 heterocycles. The molecule has 1 atom stereocenters. The van der Waals surface area contributed by atoms with Crippen LogP contribution in [0, 0.1) is 22.7 Å². The lowest BCUT2D eigenvalue weighted by atomic mass is 9.70. The van der Waals surface area contributed by atoms with Crippen LogP contribution in [0.5, 0.6) is 0 Å². The van der Waals surface area contributed by atoms with Gasteiger partial charge in [0, 0.05) is 19.6 Å². The highest BCUT2D eigenvalue weighted by Gasteiger charge is 2.38. The fraction of sp³-hybridized carbons (Fsp3) is 1.00. The third kappa shape index (κ3) is 3.98. The molecule has 1 N–H and O–H groups in total. The second kappa shape index (κ2) is 6.36. The predicted octanol–water partition coefficient (Wildman–Crippen LogP) is 3.77. The maximum atomic E-state index is 3.48. The Morgan fingerprint density at radius 2 is 1.80 bits per heavy atom. The Balaban J connectivity index is 1.93. The lowest BCUT2D eigenvalue weighted by Gasteiger charge is -2.42. The number of nitrogens with one attached hydrogen (secondary N) is 1. The maximum Gasteiger partial charge on any atom is 0.00503 e. The van der Waals surface area contributed by atoms with Gasteiger partial charge in [-0.1, -0.05) is 40.5 Å². The molecule has 1 aliphatic carbocycles. The molecule has 0 aromatic carbocycles. The molecule has 1 aliphatic heterocycles. The van der Waals surface area contributed by atoms with Crippen molar-refractivity contribution >= 4 is 0 Å². The van der Waals surface area contributed by atoms with Gasteiger partial charge in [0.05, 0.1) is 0 Å². The van der Waals surface area contributed by atoms with E-state index in [-0.39, 0.29) is 0 Å². The van der Waals surface area contributed by atoms with Crippen LogP contribution in [-0.4, -0.2) is 38.1 Å². The molecule has 2 aliphatic rings. The molecule has 2 nitrogen and oxygen atoms in total. The summed E-state index contributed by atoms with van der Waals surface area (Å²) in [6.07, 6.45) is 7.10. The molecule has 0 aromatic rings. The minimum atomic E-state index is 0.478. The summed E-state index contributed by atoms with van der Waals surface area (Å²) in [5.41, 5.74) is 1.03. The van der Waals surface area contributed by atoms with Gasteiger partial charge in [0.25, 0.3) is 0 Å². The van der Waals surface area contributed by atoms with Crippen LogP contribution in [0.4, 0.5) is 0 Å². The molecule has 0 amide bonds. The molecular weight excluding hydrogens is 244 g/mol. The van der Waals surface area contributed by atoms with Gasteiger partial charge in [-0.05, 0) is 55.5 Å². The summed E-state index contributed by atoms with van der Waals surface area (Å²) in [6, 6.07) is 0. The zero-order chi connectivity index (χ0) is 14.8. The van der Waals surface area contributed by atoms with Gasteiger partial charge >= 0.3 is 0 Å². The predicted molar refractivity (Wildman–Crippen MR) is 88.0 cm³/mol. The third-order valence-electron chi connectivity index (χ3n) is 5.94. The van der Waals surface area contributed by atoms with Crippen molar-refractivity contribution in [1.82, 2.24) is 10.2 Å². The molecule has 118 valence electrons. The molecule has 0 bridgehead atoms. The Kier molecular flexibility index (Phi) is 5.18. The average molecular weight is 280 g/mol. The summed E-state index contributed by atoms with van der Waals surface area (Å²) in [5.74, 6) is 1.83. The van der Waals surface area contributed by atoms with Crippen molar-refractivity contribution in [2.45, 2.75) is 59.8 Å². The van der Waals surface area contributed by atoms with Crippen molar-refractivity contribution in [2.75, 3.05) is 33.2 Å². The van der Waals surface area contributed by atoms with Gasteiger partial charge in [-0.25, -0.2) is 0 Å². The van der Waals surface area contributed by atoms with E-state index in [1.165, 1.54) is 58.3 Å². The number of hydrogen-bond acceptors (Lipinski definition) is 2. The minimum Gasteiger partial charge on any atom is -0.319 e. The monoisotopic (exact) mass is 280 g/mol. The van der Waals surface area contributed by atoms with E-state index < -0.39 is 0 Å². The lowest BCUT2D eigenvalue weighted by molar-refractivity contribution is 0.0942. The Hall–Kier alpha value is -0.0800. The molecular formula is C18H36N2. The first-order valence-corrected chi connectivity index (χ1v) is 8.72. The average Bonchev–Trinajstić information content (AvgIpc) is 2.82. The van der Waals surface area contributed by atoms with E-state index in [1.54, 1.807) is 0 Å². The van der Waals surface area contributed by atoms with Crippen LogP contribution in [0.15, 0.2) is 0 Å². The quantitative estimate of drug-likeness (QED) is 0.843. The van der Waals surface area contributed by atoms with Gasteiger partial charge in [-0.3, -0.25) is 0 Å². The highest BCUT2D eigenvalue weighted by Crippen LogP contribution is 2.41. The van der Waals surface area contributed by atoms with Gasteiger partial charge in [0.1, 0.15) is 0 Å². The molecule has 0 spiro atoms. The molecule has 2 fully saturated rings. The number of likely N-dealkylation sites (tertiary alicyclic amines) is 1. The minimum absolute atomic E-state index is 0.478. The van der Waals surface area contributed by atoms with Crippen molar-refractivity contribution < 1.29 is 0 Å². The van der Waals surface area contributed by atoms with Crippen molar-refractivity contribution in [1.29, 1.82) is 0 Å². The van der Waals surface area contributed by atoms with Crippen LogP contribution in [-0.2, 0) is 0 Å². The molecule has 0 radical (unpaired) electrons. The summed E-state index contributed by atoms with van der Waals surface area (Å²) in [4.78, 5) is 2.77. The van der Waals surface area contributed by atoms with Crippen LogP contribution < -0.4 is 5.32 Å². The fourth-order valence-electron chi connectivity index (χ4n) is 4.30. The van der Waals surface area contributed by atoms with Crippen LogP contribution in [0.2, 0.25) is 0 Å². The summed E-state index contributed by atoms with van der Waals surface area (Å²) in [7, 11) is 2.13. The first-order chi connectivity index (χ1) is 9.35. The smallest absolute Gasteiger partial charge is 0.00503 e. The van der Waals surface area contributed by atoms with E-state index in [0.717, 1.165) is 11.8 Å². The Morgan fingerprint density at radius 3 is 2.30 bits per heavy atom. The molecule has 2 heteroatoms. The van der Waals surface area contributed by atoms with Crippen LogP contribution in [0.25, 0.3) is 0 Å². The van der Waals surface area contributed by atoms with E-state index >= 15 is 0 Å². The van der Waals surface area contributed by atoms with Crippen molar-refractivity contribution in [2.24, 2.45) is 22.7 Å². The SMILES string of the molecule is CNCC1(CN2CCC(C(C)(C)C)C2)CCC(C)CC1. The Labute approximate surface area is 126 Å². The fourth-order valence-corrected chi connectivity index (χ4v) is 4.30. The number of nitrogens with zero attached hydrogens (tertiary/aromatic N) is 1. The van der Waals surface area contributed by atoms with Gasteiger partial charge in [0.15, 0.2) is 0 Å². The second-order valence-corrected chi connectivity index (χ2v) is 8.80. The topological polar surface area (TPSA) is 15.3 Å². The molecule has 1 saturated carbocycles. The number of rotatable bonds is 4. The van der Waals surface area contributed by atoms with Crippen LogP contribution in [0.1, 0.15) is 59.8 Å². The molecule has 20 heavy (non-hydrogen) atoms. The van der Waals surface area contributed by atoms with Gasteiger partial charge in [-0.15, -0.1) is 0 Å². The third-order valence-corrected chi connectivity index (χ3v) is 5.94. The standard InChI is InChI=1S/C18H36N2/c1-15-6-9-18(10-7-15,13-19-5)14-20-11-8-16(12-20)17(2,3)4/h15-16,19H,6-14H2,1-5H3. The molecule has 0 aromatic heterocycles. The summed E-state index contributed by atoms with van der Waals surface area (Å²) in [6.45, 7) is 14.8. The largest absolute Gasteiger partial charge is 0.319 e. The van der Waals surface area contributed by atoms with Gasteiger partial charge in [-0.2, -0.15) is 0 Å². The zero-order valence-corrected chi connectivity index (χ0v) is 14.5. The first kappa shape index (κ1) is 16.3. The zero-order valence-electron chi connectivity index (χ0n) is 14.5. The van der Waals surface area contributed by atoms with Gasteiger partial charge in [0.2, 0.25) is 0 Å². The summed E-state index contributed by atoms with van der Waals surface area (Å²) in [5, 5.41) is 3.48. The summed E-state index contributed by atoms with van der Waals surface area (Å²) >= 11 is 0. The first-order valence-electron chi connectivity index (χ1n) is 8.72. The second-order valence-electron chi connectivity index (χ2n) is 8.80. The van der Waals surface area contributed by atoms with Crippen molar-refractivity contribution in [3.8, 4) is 0 Å². The molecule has 2 rings (SSSR count). The molecule has 1 saturated heterocycles. The summed E-state index contributed by atoms with van der Waals surface area (Å²) < 4.78 is 0. The van der Waals surface area contributed by atoms with Crippen molar-refractivity contribution in [3.05, 3.63) is 0 Å². The van der Waals surface area contributed by atoms with E-state index in [1.807, 2.05) is 0 Å². The number of hydrogen-bond donors (Lipinski definition) is 1. The van der Waals surface area contributed by atoms with Gasteiger partial charge < -0.3 is 10.2 Å². The van der Waals surface area contributed by atoms with E-state index in [4.69, 9.17) is 0 Å². The van der Waals surface area contributed by atoms with E-state index in [2.05, 4.69) is 45.0 Å². The molecule has 1 unspecified atom stereocenters. The lowest BCUT2D eigenvalue weighted by Crippen LogP contribution is -2.45. The van der Waals surface area contributed by atoms with Crippen molar-refractivity contribution in [3.63, 3.8) is 0 Å². The maximum absolute atomic E-state index is 3.48. The highest BCUT2D eigenvalue weighted by atomic mass is 15.2.